The Morgan fingerprint density at radius 2 is 2.04 bits per heavy atom. The number of nitrogens with zero attached hydrogens (tertiary/aromatic N) is 2. The molecule has 6 nitrogen and oxygen atoms in total. The third-order valence-electron chi connectivity index (χ3n) is 3.20. The molecule has 26 heavy (non-hydrogen) atoms. The van der Waals surface area contributed by atoms with Crippen molar-refractivity contribution in [3.05, 3.63) is 68.1 Å². The number of esters is 1. The number of carbonyl (C=O) groups is 1. The average molecular weight is 398 g/mol. The van der Waals surface area contributed by atoms with Crippen molar-refractivity contribution in [3.8, 4) is 5.69 Å². The van der Waals surface area contributed by atoms with E-state index < -0.39 is 17.5 Å². The summed E-state index contributed by atoms with van der Waals surface area (Å²) in [5.41, 5.74) is -0.978. The monoisotopic (exact) mass is 397 g/mol. The van der Waals surface area contributed by atoms with Gasteiger partial charge in [-0.15, -0.1) is 0 Å². The molecule has 2 rings (SSSR count). The summed E-state index contributed by atoms with van der Waals surface area (Å²) in [5.74, 6) is -1.53. The largest absolute Gasteiger partial charge is 0.459 e. The molecule has 1 N–H and O–H groups in total. The molecule has 0 aliphatic heterocycles. The van der Waals surface area contributed by atoms with Crippen LogP contribution in [0.4, 0.5) is 4.39 Å². The number of ether oxygens (including phenoxy) is 1. The lowest BCUT2D eigenvalue weighted by Gasteiger charge is -2.12. The Hall–Kier alpha value is -2.45. The molecule has 0 saturated heterocycles. The molecule has 0 unspecified atom stereocenters. The zero-order valence-electron chi connectivity index (χ0n) is 14.3. The normalized spacial score (nSPS) is 10.5. The summed E-state index contributed by atoms with van der Waals surface area (Å²) in [4.78, 5) is 24.7. The van der Waals surface area contributed by atoms with E-state index in [1.807, 2.05) is 0 Å². The lowest BCUT2D eigenvalue weighted by Crippen LogP contribution is -2.24. The fraction of sp³-hybridized carbons (Fsp3) is 0.235. The van der Waals surface area contributed by atoms with Crippen molar-refractivity contribution >= 4 is 29.8 Å². The number of halogens is 2. The smallest absolute Gasteiger partial charge is 0.346 e. The minimum atomic E-state index is -0.808. The summed E-state index contributed by atoms with van der Waals surface area (Å²) < 4.78 is 22.0. The number of benzene rings is 1. The molecule has 0 saturated carbocycles. The van der Waals surface area contributed by atoms with Gasteiger partial charge in [-0.25, -0.2) is 23.6 Å². The second kappa shape index (κ2) is 8.29. The molecule has 0 amide bonds. The summed E-state index contributed by atoms with van der Waals surface area (Å²) in [7, 11) is 1.60. The van der Waals surface area contributed by atoms with Crippen molar-refractivity contribution < 1.29 is 13.9 Å². The molecule has 2 aromatic rings. The third-order valence-corrected chi connectivity index (χ3v) is 3.83. The van der Waals surface area contributed by atoms with Crippen LogP contribution >= 0.6 is 23.8 Å². The predicted molar refractivity (Wildman–Crippen MR) is 99.3 cm³/mol. The maximum Gasteiger partial charge on any atom is 0.346 e. The minimum Gasteiger partial charge on any atom is -0.459 e. The molecule has 1 aromatic heterocycles. The van der Waals surface area contributed by atoms with E-state index in [4.69, 9.17) is 28.6 Å². The van der Waals surface area contributed by atoms with E-state index in [1.165, 1.54) is 10.7 Å². The van der Waals surface area contributed by atoms with Gasteiger partial charge in [0.15, 0.2) is 0 Å². The van der Waals surface area contributed by atoms with Gasteiger partial charge < -0.3 is 4.74 Å². The molecule has 0 spiro atoms. The second-order valence-corrected chi connectivity index (χ2v) is 6.47. The Kier molecular flexibility index (Phi) is 6.33. The van der Waals surface area contributed by atoms with Gasteiger partial charge in [0.1, 0.15) is 10.5 Å². The number of aryl methyl sites for hydroxylation is 1. The highest BCUT2D eigenvalue weighted by molar-refractivity contribution is 7.71. The average Bonchev–Trinajstić information content (AvgIpc) is 2.57. The Labute approximate surface area is 159 Å². The number of H-pyrrole nitrogens is 1. The zero-order chi connectivity index (χ0) is 19.4. The number of rotatable bonds is 3. The first-order valence-corrected chi connectivity index (χ1v) is 8.41. The van der Waals surface area contributed by atoms with Crippen LogP contribution in [0.15, 0.2) is 41.3 Å². The number of aromatic nitrogens is 3. The Morgan fingerprint density at radius 3 is 2.69 bits per heavy atom. The second-order valence-electron chi connectivity index (χ2n) is 5.64. The van der Waals surface area contributed by atoms with E-state index >= 15 is 0 Å². The number of hydrogen-bond donors (Lipinski definition) is 1. The van der Waals surface area contributed by atoms with Crippen molar-refractivity contribution in [1.29, 1.82) is 0 Å². The fourth-order valence-corrected chi connectivity index (χ4v) is 2.59. The van der Waals surface area contributed by atoms with Gasteiger partial charge in [0.25, 0.3) is 0 Å². The maximum atomic E-state index is 14.5. The number of nitrogens with one attached hydrogen (secondary N) is 1. The van der Waals surface area contributed by atoms with Crippen LogP contribution in [-0.2, 0) is 11.8 Å². The lowest BCUT2D eigenvalue weighted by atomic mass is 10.2. The molecule has 0 aliphatic rings. The van der Waals surface area contributed by atoms with E-state index in [-0.39, 0.29) is 27.0 Å². The molecule has 0 bridgehead atoms. The molecule has 1 heterocycles. The van der Waals surface area contributed by atoms with Gasteiger partial charge in [-0.05, 0) is 38.1 Å². The first-order valence-electron chi connectivity index (χ1n) is 7.63. The van der Waals surface area contributed by atoms with Gasteiger partial charge in [0.2, 0.25) is 0 Å². The van der Waals surface area contributed by atoms with E-state index in [0.717, 1.165) is 16.7 Å². The Balaban J connectivity index is 2.82. The van der Waals surface area contributed by atoms with Crippen LogP contribution in [0, 0.1) is 10.5 Å². The van der Waals surface area contributed by atoms with Gasteiger partial charge in [-0.3, -0.25) is 4.68 Å². The molecule has 0 aliphatic carbocycles. The van der Waals surface area contributed by atoms with Crippen LogP contribution in [-0.4, -0.2) is 26.4 Å². The van der Waals surface area contributed by atoms with Gasteiger partial charge >= 0.3 is 11.7 Å². The summed E-state index contributed by atoms with van der Waals surface area (Å²) in [5, 5.41) is 2.39. The van der Waals surface area contributed by atoms with Crippen molar-refractivity contribution in [1.82, 2.24) is 14.3 Å². The molecule has 138 valence electrons. The van der Waals surface area contributed by atoms with Crippen LogP contribution in [0.2, 0.25) is 5.02 Å². The van der Waals surface area contributed by atoms with Crippen molar-refractivity contribution in [3.63, 3.8) is 0 Å². The molecule has 9 heteroatoms. The molecule has 1 aromatic carbocycles. The van der Waals surface area contributed by atoms with Crippen LogP contribution in [0.5, 0.6) is 0 Å². The zero-order valence-corrected chi connectivity index (χ0v) is 15.9. The van der Waals surface area contributed by atoms with Crippen LogP contribution in [0.3, 0.4) is 0 Å². The highest BCUT2D eigenvalue weighted by atomic mass is 35.5. The summed E-state index contributed by atoms with van der Waals surface area (Å²) >= 11 is 11.2. The summed E-state index contributed by atoms with van der Waals surface area (Å²) in [6.45, 7) is 3.35. The highest BCUT2D eigenvalue weighted by Gasteiger charge is 2.19. The quantitative estimate of drug-likeness (QED) is 0.633. The highest BCUT2D eigenvalue weighted by Crippen LogP contribution is 2.24. The fourth-order valence-electron chi connectivity index (χ4n) is 2.10. The van der Waals surface area contributed by atoms with Crippen LogP contribution < -0.4 is 5.69 Å². The first kappa shape index (κ1) is 19.9. The van der Waals surface area contributed by atoms with Gasteiger partial charge in [0, 0.05) is 13.2 Å². The topological polar surface area (TPSA) is 69.0 Å². The van der Waals surface area contributed by atoms with Gasteiger partial charge in [-0.2, -0.15) is 0 Å². The SMILES string of the molecule is CC(C)OC(=O)c1cc(-n2c(=S)ccccn(C)[nH]c2=O)c(F)cc1Cl. The Bertz CT molecular complexity index is 1010. The van der Waals surface area contributed by atoms with Gasteiger partial charge in [-0.1, -0.05) is 29.9 Å². The van der Waals surface area contributed by atoms with E-state index in [2.05, 4.69) is 5.10 Å². The van der Waals surface area contributed by atoms with Crippen molar-refractivity contribution in [2.75, 3.05) is 0 Å². The third kappa shape index (κ3) is 4.59. The van der Waals surface area contributed by atoms with E-state index in [9.17, 15) is 14.0 Å². The lowest BCUT2D eigenvalue weighted by molar-refractivity contribution is 0.0378. The number of hydrogen-bond acceptors (Lipinski definition) is 4. The van der Waals surface area contributed by atoms with Crippen molar-refractivity contribution in [2.45, 2.75) is 20.0 Å². The summed E-state index contributed by atoms with van der Waals surface area (Å²) in [6, 6.07) is 6.81. The van der Waals surface area contributed by atoms with E-state index in [1.54, 1.807) is 39.2 Å². The molecule has 0 fully saturated rings. The predicted octanol–water partition coefficient (Wildman–Crippen LogP) is 3.72. The van der Waals surface area contributed by atoms with Gasteiger partial charge in [0.05, 0.1) is 22.4 Å². The minimum absolute atomic E-state index is 0.0341. The first-order chi connectivity index (χ1) is 12.2. The van der Waals surface area contributed by atoms with Crippen LogP contribution in [0.25, 0.3) is 5.69 Å². The van der Waals surface area contributed by atoms with Crippen LogP contribution in [0.1, 0.15) is 24.2 Å². The number of carbonyl (C=O) groups excluding carboxylic acids is 1. The van der Waals surface area contributed by atoms with Crippen molar-refractivity contribution in [2.24, 2.45) is 7.05 Å². The number of aromatic amines is 1. The molecular formula is C17H17ClFN3O3S. The van der Waals surface area contributed by atoms with E-state index in [0.29, 0.717) is 0 Å². The molecule has 0 atom stereocenters. The molecular weight excluding hydrogens is 381 g/mol. The summed E-state index contributed by atoms with van der Waals surface area (Å²) in [6.07, 6.45) is 1.20. The molecule has 0 radical (unpaired) electrons. The Morgan fingerprint density at radius 1 is 1.35 bits per heavy atom. The maximum absolute atomic E-state index is 14.5. The standard InChI is InChI=1S/C17H17ClFN3O3S/c1-10(2)25-16(23)11-8-14(13(19)9-12(11)18)22-15(26)6-4-5-7-21(3)20-17(22)24/h4-10H,1-3H3,(H,20,24).